The van der Waals surface area contributed by atoms with E-state index in [9.17, 15) is 0 Å². The molecular weight excluding hydrogens is 260 g/mol. The predicted octanol–water partition coefficient (Wildman–Crippen LogP) is 3.31. The minimum absolute atomic E-state index is 0.736. The van der Waals surface area contributed by atoms with Crippen LogP contribution in [0.1, 0.15) is 26.3 Å². The van der Waals surface area contributed by atoms with E-state index < -0.39 is 0 Å². The van der Waals surface area contributed by atoms with Crippen molar-refractivity contribution in [2.24, 2.45) is 0 Å². The largest absolute Gasteiger partial charge is 0.380 e. The first-order chi connectivity index (χ1) is 9.22. The van der Waals surface area contributed by atoms with Gasteiger partial charge in [0.1, 0.15) is 0 Å². The third kappa shape index (κ3) is 5.39. The summed E-state index contributed by atoms with van der Waals surface area (Å²) in [5, 5.41) is 4.12. The standard InChI is InChI=1S/C15H25ClN2O/c1-4-17-12-13-7-8-15(14(16)11-13)18(5-2)9-10-19-6-3/h7-8,11,17H,4-6,9-10,12H2,1-3H3. The van der Waals surface area contributed by atoms with Crippen molar-refractivity contribution in [2.75, 3.05) is 37.7 Å². The van der Waals surface area contributed by atoms with Gasteiger partial charge in [-0.2, -0.15) is 0 Å². The zero-order chi connectivity index (χ0) is 14.1. The van der Waals surface area contributed by atoms with Gasteiger partial charge in [0.15, 0.2) is 0 Å². The molecule has 0 aliphatic heterocycles. The van der Waals surface area contributed by atoms with Gasteiger partial charge in [-0.15, -0.1) is 0 Å². The van der Waals surface area contributed by atoms with Crippen LogP contribution >= 0.6 is 11.6 Å². The van der Waals surface area contributed by atoms with Gasteiger partial charge in [0.25, 0.3) is 0 Å². The number of nitrogens with one attached hydrogen (secondary N) is 1. The second kappa shape index (κ2) is 9.18. The quantitative estimate of drug-likeness (QED) is 0.704. The molecule has 1 N–H and O–H groups in total. The van der Waals surface area contributed by atoms with Crippen LogP contribution in [0.4, 0.5) is 5.69 Å². The summed E-state index contributed by atoms with van der Waals surface area (Å²) >= 11 is 6.38. The van der Waals surface area contributed by atoms with Gasteiger partial charge in [0.2, 0.25) is 0 Å². The molecule has 0 aliphatic rings. The fourth-order valence-electron chi connectivity index (χ4n) is 1.95. The molecule has 0 radical (unpaired) electrons. The maximum atomic E-state index is 6.38. The summed E-state index contributed by atoms with van der Waals surface area (Å²) in [6, 6.07) is 6.28. The Morgan fingerprint density at radius 3 is 2.63 bits per heavy atom. The van der Waals surface area contributed by atoms with E-state index in [4.69, 9.17) is 16.3 Å². The molecular formula is C15H25ClN2O. The summed E-state index contributed by atoms with van der Waals surface area (Å²) in [5.74, 6) is 0. The van der Waals surface area contributed by atoms with Gasteiger partial charge in [-0.25, -0.2) is 0 Å². The molecule has 0 heterocycles. The smallest absolute Gasteiger partial charge is 0.0642 e. The number of hydrogen-bond acceptors (Lipinski definition) is 3. The van der Waals surface area contributed by atoms with Gasteiger partial charge >= 0.3 is 0 Å². The van der Waals surface area contributed by atoms with E-state index in [0.717, 1.165) is 50.1 Å². The van der Waals surface area contributed by atoms with Gasteiger partial charge in [0.05, 0.1) is 17.3 Å². The van der Waals surface area contributed by atoms with Crippen LogP contribution in [-0.4, -0.2) is 32.8 Å². The lowest BCUT2D eigenvalue weighted by Crippen LogP contribution is -2.27. The lowest BCUT2D eigenvalue weighted by molar-refractivity contribution is 0.154. The number of rotatable bonds is 9. The number of halogens is 1. The number of nitrogens with zero attached hydrogens (tertiary/aromatic N) is 1. The van der Waals surface area contributed by atoms with Crippen molar-refractivity contribution in [3.05, 3.63) is 28.8 Å². The molecule has 19 heavy (non-hydrogen) atoms. The maximum absolute atomic E-state index is 6.38. The Hall–Kier alpha value is -0.770. The Bertz CT molecular complexity index is 371. The third-order valence-corrected chi connectivity index (χ3v) is 3.33. The Morgan fingerprint density at radius 1 is 1.26 bits per heavy atom. The first-order valence-electron chi connectivity index (χ1n) is 7.04. The highest BCUT2D eigenvalue weighted by Gasteiger charge is 2.09. The van der Waals surface area contributed by atoms with E-state index in [2.05, 4.69) is 36.2 Å². The molecule has 0 bridgehead atoms. The minimum Gasteiger partial charge on any atom is -0.380 e. The molecule has 0 fully saturated rings. The molecule has 0 aliphatic carbocycles. The Morgan fingerprint density at radius 2 is 2.05 bits per heavy atom. The van der Waals surface area contributed by atoms with Crippen LogP contribution in [0.2, 0.25) is 5.02 Å². The van der Waals surface area contributed by atoms with E-state index in [-0.39, 0.29) is 0 Å². The summed E-state index contributed by atoms with van der Waals surface area (Å²) in [5.41, 5.74) is 2.31. The highest BCUT2D eigenvalue weighted by atomic mass is 35.5. The molecule has 0 unspecified atom stereocenters. The van der Waals surface area contributed by atoms with Crippen molar-refractivity contribution in [1.82, 2.24) is 5.32 Å². The molecule has 0 aromatic heterocycles. The summed E-state index contributed by atoms with van der Waals surface area (Å²) in [6.07, 6.45) is 0. The van der Waals surface area contributed by atoms with Gasteiger partial charge in [-0.1, -0.05) is 24.6 Å². The molecule has 4 heteroatoms. The Balaban J connectivity index is 2.69. The Kier molecular flexibility index (Phi) is 7.87. The van der Waals surface area contributed by atoms with Gasteiger partial charge in [0, 0.05) is 26.2 Å². The minimum atomic E-state index is 0.736. The maximum Gasteiger partial charge on any atom is 0.0642 e. The topological polar surface area (TPSA) is 24.5 Å². The van der Waals surface area contributed by atoms with Crippen LogP contribution in [0.5, 0.6) is 0 Å². The first kappa shape index (κ1) is 16.3. The van der Waals surface area contributed by atoms with Crippen LogP contribution in [0.3, 0.4) is 0 Å². The van der Waals surface area contributed by atoms with Gasteiger partial charge in [-0.3, -0.25) is 0 Å². The van der Waals surface area contributed by atoms with Crippen molar-refractivity contribution in [3.63, 3.8) is 0 Å². The van der Waals surface area contributed by atoms with E-state index >= 15 is 0 Å². The lowest BCUT2D eigenvalue weighted by Gasteiger charge is -2.24. The molecule has 108 valence electrons. The number of ether oxygens (including phenoxy) is 1. The fraction of sp³-hybridized carbons (Fsp3) is 0.600. The van der Waals surface area contributed by atoms with Crippen LogP contribution in [0.25, 0.3) is 0 Å². The first-order valence-corrected chi connectivity index (χ1v) is 7.42. The number of benzene rings is 1. The molecule has 1 aromatic rings. The number of anilines is 1. The zero-order valence-corrected chi connectivity index (χ0v) is 13.0. The summed E-state index contributed by atoms with van der Waals surface area (Å²) in [4.78, 5) is 2.25. The predicted molar refractivity (Wildman–Crippen MR) is 83.2 cm³/mol. The SMILES string of the molecule is CCNCc1ccc(N(CC)CCOCC)c(Cl)c1. The summed E-state index contributed by atoms with van der Waals surface area (Å²) < 4.78 is 5.41. The van der Waals surface area contributed by atoms with Crippen LogP contribution in [0, 0.1) is 0 Å². The molecule has 0 amide bonds. The second-order valence-electron chi connectivity index (χ2n) is 4.34. The van der Waals surface area contributed by atoms with Crippen LogP contribution in [-0.2, 0) is 11.3 Å². The molecule has 0 atom stereocenters. The second-order valence-corrected chi connectivity index (χ2v) is 4.75. The van der Waals surface area contributed by atoms with Crippen molar-refractivity contribution in [2.45, 2.75) is 27.3 Å². The van der Waals surface area contributed by atoms with Crippen molar-refractivity contribution < 1.29 is 4.74 Å². The molecule has 0 spiro atoms. The highest BCUT2D eigenvalue weighted by Crippen LogP contribution is 2.26. The summed E-state index contributed by atoms with van der Waals surface area (Å²) in [6.45, 7) is 11.4. The molecule has 1 rings (SSSR count). The van der Waals surface area contributed by atoms with E-state index in [0.29, 0.717) is 0 Å². The average Bonchev–Trinajstić information content (AvgIpc) is 2.42. The number of likely N-dealkylation sites (N-methyl/N-ethyl adjacent to an activating group) is 1. The molecule has 0 saturated carbocycles. The van der Waals surface area contributed by atoms with Crippen LogP contribution in [0.15, 0.2) is 18.2 Å². The third-order valence-electron chi connectivity index (χ3n) is 3.02. The number of hydrogen-bond donors (Lipinski definition) is 1. The average molecular weight is 285 g/mol. The molecule has 1 aromatic carbocycles. The highest BCUT2D eigenvalue weighted by molar-refractivity contribution is 6.33. The van der Waals surface area contributed by atoms with E-state index in [1.54, 1.807) is 0 Å². The Labute approximate surface area is 121 Å². The van der Waals surface area contributed by atoms with Gasteiger partial charge < -0.3 is 15.0 Å². The van der Waals surface area contributed by atoms with Crippen molar-refractivity contribution in [1.29, 1.82) is 0 Å². The van der Waals surface area contributed by atoms with Crippen LogP contribution < -0.4 is 10.2 Å². The van der Waals surface area contributed by atoms with Crippen molar-refractivity contribution in [3.8, 4) is 0 Å². The molecule has 3 nitrogen and oxygen atoms in total. The van der Waals surface area contributed by atoms with Gasteiger partial charge in [-0.05, 0) is 38.1 Å². The monoisotopic (exact) mass is 284 g/mol. The summed E-state index contributed by atoms with van der Waals surface area (Å²) in [7, 11) is 0. The zero-order valence-electron chi connectivity index (χ0n) is 12.2. The van der Waals surface area contributed by atoms with E-state index in [1.165, 1.54) is 5.56 Å². The fourth-order valence-corrected chi connectivity index (χ4v) is 2.28. The normalized spacial score (nSPS) is 10.7. The van der Waals surface area contributed by atoms with E-state index in [1.807, 2.05) is 13.0 Å². The molecule has 0 saturated heterocycles. The van der Waals surface area contributed by atoms with Crippen molar-refractivity contribution >= 4 is 17.3 Å². The lowest BCUT2D eigenvalue weighted by atomic mass is 10.2.